The Kier molecular flexibility index (Phi) is 12.9. The van der Waals surface area contributed by atoms with E-state index in [2.05, 4.69) is 18.8 Å². The molecule has 0 aliphatic rings. The lowest BCUT2D eigenvalue weighted by Gasteiger charge is -2.11. The third kappa shape index (κ3) is 8.94. The summed E-state index contributed by atoms with van der Waals surface area (Å²) in [5, 5.41) is 2.37. The van der Waals surface area contributed by atoms with Gasteiger partial charge in [-0.1, -0.05) is 97.3 Å². The van der Waals surface area contributed by atoms with Crippen LogP contribution >= 0.6 is 0 Å². The number of unbranched alkanes of at least 4 members (excludes halogenated alkanes) is 13. The maximum atomic E-state index is 15.2. The molecule has 3 rings (SSSR count). The minimum atomic E-state index is -0.284. The second-order valence-corrected chi connectivity index (χ2v) is 10.0. The molecule has 0 bridgehead atoms. The molecule has 0 unspecified atom stereocenters. The molecule has 1 heterocycles. The zero-order valence-electron chi connectivity index (χ0n) is 22.6. The third-order valence-corrected chi connectivity index (χ3v) is 6.99. The highest BCUT2D eigenvalue weighted by Gasteiger charge is 2.12. The van der Waals surface area contributed by atoms with Crippen molar-refractivity contribution in [1.82, 2.24) is 4.98 Å². The number of pyridine rings is 1. The minimum absolute atomic E-state index is 0.284. The molecule has 0 fully saturated rings. The number of ether oxygens (including phenoxy) is 2. The lowest BCUT2D eigenvalue weighted by Crippen LogP contribution is -2.00. The van der Waals surface area contributed by atoms with E-state index in [9.17, 15) is 0 Å². The quantitative estimate of drug-likeness (QED) is 0.122. The van der Waals surface area contributed by atoms with Crippen LogP contribution in [0.25, 0.3) is 21.7 Å². The normalized spacial score (nSPS) is 11.4. The first-order chi connectivity index (χ1) is 17.7. The van der Waals surface area contributed by atoms with Crippen molar-refractivity contribution in [1.29, 1.82) is 0 Å². The topological polar surface area (TPSA) is 31.4 Å². The standard InChI is InChI=1S/C32H46FNO2/c1-3-5-7-9-11-13-14-16-24-35-30-22-19-26-27-20-23-31(34-29(27)21-18-28(26)32(30)33)36-25-17-15-12-10-8-6-4-2/h18-23H,3-17,24-25H2,1-2H3. The predicted molar refractivity (Wildman–Crippen MR) is 151 cm³/mol. The van der Waals surface area contributed by atoms with Crippen molar-refractivity contribution < 1.29 is 13.9 Å². The van der Waals surface area contributed by atoms with E-state index in [1.165, 1.54) is 77.0 Å². The molecule has 0 spiro atoms. The Labute approximate surface area is 217 Å². The van der Waals surface area contributed by atoms with Crippen molar-refractivity contribution >= 4 is 21.7 Å². The number of aromatic nitrogens is 1. The summed E-state index contributed by atoms with van der Waals surface area (Å²) in [6, 6.07) is 11.3. The van der Waals surface area contributed by atoms with Crippen molar-refractivity contribution in [2.45, 2.75) is 110 Å². The van der Waals surface area contributed by atoms with Crippen LogP contribution in [-0.4, -0.2) is 18.2 Å². The van der Waals surface area contributed by atoms with Crippen molar-refractivity contribution in [3.8, 4) is 11.6 Å². The van der Waals surface area contributed by atoms with Gasteiger partial charge in [-0.25, -0.2) is 9.37 Å². The van der Waals surface area contributed by atoms with E-state index in [1.54, 1.807) is 6.07 Å². The van der Waals surface area contributed by atoms with Gasteiger partial charge >= 0.3 is 0 Å². The molecule has 0 radical (unpaired) electrons. The molecule has 198 valence electrons. The van der Waals surface area contributed by atoms with Crippen LogP contribution in [0.5, 0.6) is 11.6 Å². The van der Waals surface area contributed by atoms with Crippen molar-refractivity contribution in [2.75, 3.05) is 13.2 Å². The van der Waals surface area contributed by atoms with Crippen molar-refractivity contribution in [3.63, 3.8) is 0 Å². The van der Waals surface area contributed by atoms with Crippen LogP contribution in [0.3, 0.4) is 0 Å². The highest BCUT2D eigenvalue weighted by molar-refractivity contribution is 6.06. The summed E-state index contributed by atoms with van der Waals surface area (Å²) in [6.07, 6.45) is 18.7. The summed E-state index contributed by atoms with van der Waals surface area (Å²) in [7, 11) is 0. The number of fused-ring (bicyclic) bond motifs is 3. The minimum Gasteiger partial charge on any atom is -0.490 e. The molecule has 0 aliphatic carbocycles. The SMILES string of the molecule is CCCCCCCCCCOc1ccc2c(ccc3nc(OCCCCCCCCC)ccc32)c1F. The van der Waals surface area contributed by atoms with E-state index in [0.29, 0.717) is 30.2 Å². The average molecular weight is 496 g/mol. The van der Waals surface area contributed by atoms with Gasteiger partial charge < -0.3 is 9.47 Å². The summed E-state index contributed by atoms with van der Waals surface area (Å²) >= 11 is 0. The lowest BCUT2D eigenvalue weighted by atomic mass is 10.0. The summed E-state index contributed by atoms with van der Waals surface area (Å²) in [5.74, 6) is 0.694. The summed E-state index contributed by atoms with van der Waals surface area (Å²) in [4.78, 5) is 4.66. The number of rotatable bonds is 19. The number of halogens is 1. The Bertz CT molecular complexity index is 1040. The molecule has 0 saturated carbocycles. The van der Waals surface area contributed by atoms with Gasteiger partial charge in [0, 0.05) is 16.8 Å². The molecule has 36 heavy (non-hydrogen) atoms. The summed E-state index contributed by atoms with van der Waals surface area (Å²) in [5.41, 5.74) is 0.826. The average Bonchev–Trinajstić information content (AvgIpc) is 2.90. The maximum absolute atomic E-state index is 15.2. The Balaban J connectivity index is 1.48. The zero-order valence-corrected chi connectivity index (χ0v) is 22.6. The maximum Gasteiger partial charge on any atom is 0.213 e. The van der Waals surface area contributed by atoms with E-state index in [-0.39, 0.29) is 5.82 Å². The number of hydrogen-bond donors (Lipinski definition) is 0. The van der Waals surface area contributed by atoms with Gasteiger partial charge in [-0.3, -0.25) is 0 Å². The smallest absolute Gasteiger partial charge is 0.213 e. The Hall–Kier alpha value is -2.36. The van der Waals surface area contributed by atoms with Crippen molar-refractivity contribution in [3.05, 3.63) is 42.2 Å². The fraction of sp³-hybridized carbons (Fsp3) is 0.594. The predicted octanol–water partition coefficient (Wildman–Crippen LogP) is 10.2. The third-order valence-electron chi connectivity index (χ3n) is 6.99. The molecular weight excluding hydrogens is 449 g/mol. The molecule has 2 aromatic carbocycles. The summed E-state index contributed by atoms with van der Waals surface area (Å²) in [6.45, 7) is 5.74. The van der Waals surface area contributed by atoms with E-state index in [0.717, 1.165) is 35.6 Å². The lowest BCUT2D eigenvalue weighted by molar-refractivity contribution is 0.291. The largest absolute Gasteiger partial charge is 0.490 e. The fourth-order valence-electron chi connectivity index (χ4n) is 4.79. The number of nitrogens with zero attached hydrogens (tertiary/aromatic N) is 1. The van der Waals surface area contributed by atoms with Gasteiger partial charge in [0.1, 0.15) is 0 Å². The second kappa shape index (κ2) is 16.4. The monoisotopic (exact) mass is 495 g/mol. The van der Waals surface area contributed by atoms with E-state index in [1.807, 2.05) is 30.3 Å². The van der Waals surface area contributed by atoms with Gasteiger partial charge in [-0.05, 0) is 48.6 Å². The summed E-state index contributed by atoms with van der Waals surface area (Å²) < 4.78 is 26.9. The van der Waals surface area contributed by atoms with Gasteiger partial charge in [0.25, 0.3) is 0 Å². The molecule has 4 heteroatoms. The fourth-order valence-corrected chi connectivity index (χ4v) is 4.79. The number of hydrogen-bond acceptors (Lipinski definition) is 3. The molecule has 1 aromatic heterocycles. The molecule has 3 nitrogen and oxygen atoms in total. The highest BCUT2D eigenvalue weighted by Crippen LogP contribution is 2.32. The first-order valence-electron chi connectivity index (χ1n) is 14.5. The van der Waals surface area contributed by atoms with E-state index >= 15 is 4.39 Å². The van der Waals surface area contributed by atoms with Crippen molar-refractivity contribution in [2.24, 2.45) is 0 Å². The van der Waals surface area contributed by atoms with Crippen LogP contribution in [0.15, 0.2) is 36.4 Å². The van der Waals surface area contributed by atoms with E-state index in [4.69, 9.17) is 9.47 Å². The molecule has 0 saturated heterocycles. The number of benzene rings is 2. The molecule has 0 atom stereocenters. The zero-order chi connectivity index (χ0) is 25.4. The Morgan fingerprint density at radius 3 is 1.72 bits per heavy atom. The van der Waals surface area contributed by atoms with Crippen LogP contribution in [-0.2, 0) is 0 Å². The molecule has 0 N–H and O–H groups in total. The van der Waals surface area contributed by atoms with E-state index < -0.39 is 0 Å². The second-order valence-electron chi connectivity index (χ2n) is 10.0. The van der Waals surface area contributed by atoms with Gasteiger partial charge in [0.15, 0.2) is 11.6 Å². The van der Waals surface area contributed by atoms with Crippen LogP contribution in [0.4, 0.5) is 4.39 Å². The first-order valence-corrected chi connectivity index (χ1v) is 14.5. The van der Waals surface area contributed by atoms with Crippen LogP contribution in [0.1, 0.15) is 110 Å². The van der Waals surface area contributed by atoms with Gasteiger partial charge in [0.2, 0.25) is 5.88 Å². The molecule has 0 aliphatic heterocycles. The van der Waals surface area contributed by atoms with Crippen LogP contribution < -0.4 is 9.47 Å². The Morgan fingerprint density at radius 1 is 0.556 bits per heavy atom. The van der Waals surface area contributed by atoms with Gasteiger partial charge in [0.05, 0.1) is 18.7 Å². The van der Waals surface area contributed by atoms with Crippen LogP contribution in [0, 0.1) is 5.82 Å². The molecule has 3 aromatic rings. The first kappa shape index (κ1) is 28.2. The molecule has 0 amide bonds. The highest BCUT2D eigenvalue weighted by atomic mass is 19.1. The molecular formula is C32H46FNO2. The Morgan fingerprint density at radius 2 is 1.08 bits per heavy atom. The van der Waals surface area contributed by atoms with Gasteiger partial charge in [-0.15, -0.1) is 0 Å². The van der Waals surface area contributed by atoms with Gasteiger partial charge in [-0.2, -0.15) is 0 Å². The van der Waals surface area contributed by atoms with Crippen LogP contribution in [0.2, 0.25) is 0 Å².